The summed E-state index contributed by atoms with van der Waals surface area (Å²) in [6.45, 7) is -0.732. The number of rotatable bonds is 11. The van der Waals surface area contributed by atoms with E-state index in [4.69, 9.17) is 5.73 Å². The molecule has 2 aliphatic rings. The Morgan fingerprint density at radius 1 is 0.746 bits per heavy atom. The van der Waals surface area contributed by atoms with Gasteiger partial charge in [0.25, 0.3) is 0 Å². The number of nitrogens with zero attached hydrogens (tertiary/aromatic N) is 1. The van der Waals surface area contributed by atoms with Gasteiger partial charge in [0.15, 0.2) is 0 Å². The number of imidazole rings is 1. The fourth-order valence-electron chi connectivity index (χ4n) is 7.89. The highest BCUT2D eigenvalue weighted by Crippen LogP contribution is 2.24. The zero-order valence-electron chi connectivity index (χ0n) is 34.9. The lowest BCUT2D eigenvalue weighted by atomic mass is 9.88. The number of carbonyl (C=O) groups excluding carboxylic acids is 8. The molecule has 2 aromatic carbocycles. The number of hydrogen-bond acceptors (Lipinski definition) is 9. The quantitative estimate of drug-likeness (QED) is 0.0956. The molecular formula is C44H55N11O8. The van der Waals surface area contributed by atoms with Gasteiger partial charge >= 0.3 is 0 Å². The van der Waals surface area contributed by atoms with Gasteiger partial charge in [-0.2, -0.15) is 0 Å². The number of carbonyl (C=O) groups is 8. The van der Waals surface area contributed by atoms with E-state index in [2.05, 4.69) is 52.2 Å². The average Bonchev–Trinajstić information content (AvgIpc) is 3.96. The monoisotopic (exact) mass is 865 g/mol. The van der Waals surface area contributed by atoms with Gasteiger partial charge < -0.3 is 52.9 Å². The van der Waals surface area contributed by atoms with Crippen molar-refractivity contribution in [2.75, 3.05) is 13.1 Å². The Hall–Kier alpha value is -7.05. The Morgan fingerprint density at radius 2 is 1.48 bits per heavy atom. The molecule has 1 aliphatic carbocycles. The molecule has 8 amide bonds. The number of para-hydroxylation sites is 1. The summed E-state index contributed by atoms with van der Waals surface area (Å²) in [6.07, 6.45) is 8.16. The molecule has 4 aromatic rings. The first-order valence-corrected chi connectivity index (χ1v) is 21.3. The maximum absolute atomic E-state index is 14.1. The normalized spacial score (nSPS) is 21.8. The van der Waals surface area contributed by atoms with Gasteiger partial charge in [-0.1, -0.05) is 67.8 Å². The Morgan fingerprint density at radius 3 is 2.22 bits per heavy atom. The van der Waals surface area contributed by atoms with E-state index in [0.29, 0.717) is 24.1 Å². The Balaban J connectivity index is 1.24. The molecule has 2 aromatic heterocycles. The Bertz CT molecular complexity index is 2240. The lowest BCUT2D eigenvalue weighted by Crippen LogP contribution is -2.58. The first kappa shape index (κ1) is 45.5. The number of aromatic amines is 2. The number of primary amides is 1. The number of fused-ring (bicyclic) bond motifs is 1. The van der Waals surface area contributed by atoms with Crippen molar-refractivity contribution in [3.63, 3.8) is 0 Å². The van der Waals surface area contributed by atoms with Gasteiger partial charge in [-0.25, -0.2) is 4.98 Å². The molecule has 0 radical (unpaired) electrons. The second-order valence-electron chi connectivity index (χ2n) is 16.0. The van der Waals surface area contributed by atoms with E-state index in [1.165, 1.54) is 12.5 Å². The summed E-state index contributed by atoms with van der Waals surface area (Å²) >= 11 is 0. The van der Waals surface area contributed by atoms with Gasteiger partial charge in [0.05, 0.1) is 12.9 Å². The van der Waals surface area contributed by atoms with E-state index in [1.807, 2.05) is 24.3 Å². The van der Waals surface area contributed by atoms with Gasteiger partial charge in [-0.15, -0.1) is 0 Å². The van der Waals surface area contributed by atoms with Crippen LogP contribution in [0.1, 0.15) is 68.2 Å². The lowest BCUT2D eigenvalue weighted by Gasteiger charge is -2.27. The number of H-pyrrole nitrogens is 2. The Labute approximate surface area is 363 Å². The Kier molecular flexibility index (Phi) is 16.0. The predicted octanol–water partition coefficient (Wildman–Crippen LogP) is -0.175. The van der Waals surface area contributed by atoms with Crippen molar-refractivity contribution in [1.82, 2.24) is 52.2 Å². The minimum atomic E-state index is -1.31. The summed E-state index contributed by atoms with van der Waals surface area (Å²) in [5, 5.41) is 19.6. The minimum Gasteiger partial charge on any atom is -0.368 e. The van der Waals surface area contributed by atoms with Gasteiger partial charge in [0, 0.05) is 67.1 Å². The minimum absolute atomic E-state index is 0.00851. The predicted molar refractivity (Wildman–Crippen MR) is 230 cm³/mol. The number of benzene rings is 2. The molecule has 3 unspecified atom stereocenters. The van der Waals surface area contributed by atoms with Crippen molar-refractivity contribution in [3.8, 4) is 0 Å². The van der Waals surface area contributed by atoms with Crippen LogP contribution >= 0.6 is 0 Å². The standard InChI is InChI=1S/C44H55N11O8/c45-39(58)34(20-28-22-48-31-14-8-7-13-30(28)31)53-43(62)33-17-18-47-37(56)16-15-32(52-40(59)27-11-5-2-6-12-27)42(61)55-36(21-29-23-46-25-50-29)44(63)54-35(19-26-9-3-1-4-10-26)41(60)49-24-38(57)51-33/h1,3-4,7-10,13-14,22-23,25,27,32-36,48H,2,5-6,11-12,15-21,24H2,(H2,45,58)(H,46,50)(H,47,56)(H,49,60)(H,51,57)(H,52,59)(H,53,62)(H,54,63)(H,55,61)/t32?,33?,34-,35?,36-/m0/s1. The average molecular weight is 866 g/mol. The SMILES string of the molecule is NC(=O)[C@H](Cc1c[nH]c2ccccc12)NC(=O)C1CCNC(=O)CCC(NC(=O)C2CCCCC2)C(=O)N[C@@H](Cc2cnc[nH]2)C(=O)NC(Cc2ccccc2)C(=O)NCC(=O)N1. The number of aromatic nitrogens is 3. The molecule has 3 heterocycles. The second kappa shape index (κ2) is 22.2. The van der Waals surface area contributed by atoms with Crippen LogP contribution in [-0.2, 0) is 57.6 Å². The van der Waals surface area contributed by atoms with Gasteiger partial charge in [-0.05, 0) is 42.9 Å². The second-order valence-corrected chi connectivity index (χ2v) is 16.0. The number of amides is 8. The molecule has 1 saturated heterocycles. The summed E-state index contributed by atoms with van der Waals surface area (Å²) in [5.74, 6) is -5.69. The summed E-state index contributed by atoms with van der Waals surface area (Å²) in [4.78, 5) is 119. The van der Waals surface area contributed by atoms with Gasteiger partial charge in [0.1, 0.15) is 30.2 Å². The fraction of sp³-hybridized carbons (Fsp3) is 0.432. The van der Waals surface area contributed by atoms with E-state index in [1.54, 1.807) is 36.5 Å². The fourth-order valence-corrected chi connectivity index (χ4v) is 7.89. The number of nitrogens with two attached hydrogens (primary N) is 1. The number of nitrogens with one attached hydrogen (secondary N) is 9. The molecule has 1 aliphatic heterocycles. The highest BCUT2D eigenvalue weighted by Gasteiger charge is 2.33. The molecule has 2 fully saturated rings. The van der Waals surface area contributed by atoms with E-state index in [0.717, 1.165) is 35.7 Å². The van der Waals surface area contributed by atoms with E-state index < -0.39 is 78.1 Å². The molecular weight excluding hydrogens is 811 g/mol. The molecule has 1 saturated carbocycles. The van der Waals surface area contributed by atoms with E-state index in [-0.39, 0.29) is 56.9 Å². The third-order valence-corrected chi connectivity index (χ3v) is 11.4. The van der Waals surface area contributed by atoms with Crippen LogP contribution in [0.15, 0.2) is 73.3 Å². The highest BCUT2D eigenvalue weighted by atomic mass is 16.2. The van der Waals surface area contributed by atoms with Gasteiger partial charge in [0.2, 0.25) is 47.3 Å². The summed E-state index contributed by atoms with van der Waals surface area (Å²) in [5.41, 5.74) is 8.47. The highest BCUT2D eigenvalue weighted by molar-refractivity contribution is 5.97. The van der Waals surface area contributed by atoms with Crippen LogP contribution in [0.2, 0.25) is 0 Å². The van der Waals surface area contributed by atoms with E-state index in [9.17, 15) is 38.4 Å². The molecule has 0 spiro atoms. The molecule has 0 bridgehead atoms. The zero-order chi connectivity index (χ0) is 44.7. The van der Waals surface area contributed by atoms with Crippen LogP contribution in [0, 0.1) is 5.92 Å². The van der Waals surface area contributed by atoms with Crippen LogP contribution in [0.5, 0.6) is 0 Å². The third kappa shape index (κ3) is 13.2. The topological polar surface area (TPSA) is 291 Å². The molecule has 19 heteroatoms. The summed E-state index contributed by atoms with van der Waals surface area (Å²) in [6, 6.07) is 10.1. The molecule has 11 N–H and O–H groups in total. The van der Waals surface area contributed by atoms with Crippen molar-refractivity contribution in [1.29, 1.82) is 0 Å². The van der Waals surface area contributed by atoms with Crippen molar-refractivity contribution >= 4 is 58.2 Å². The van der Waals surface area contributed by atoms with Crippen molar-refractivity contribution < 1.29 is 38.4 Å². The smallest absolute Gasteiger partial charge is 0.243 e. The lowest BCUT2D eigenvalue weighted by molar-refractivity contribution is -0.135. The maximum Gasteiger partial charge on any atom is 0.243 e. The zero-order valence-corrected chi connectivity index (χ0v) is 34.9. The summed E-state index contributed by atoms with van der Waals surface area (Å²) < 4.78 is 0. The van der Waals surface area contributed by atoms with Crippen LogP contribution in [0.3, 0.4) is 0 Å². The van der Waals surface area contributed by atoms with Crippen molar-refractivity contribution in [2.24, 2.45) is 11.7 Å². The van der Waals surface area contributed by atoms with Crippen LogP contribution in [0.25, 0.3) is 10.9 Å². The third-order valence-electron chi connectivity index (χ3n) is 11.4. The van der Waals surface area contributed by atoms with Crippen LogP contribution in [-0.4, -0.2) is 106 Å². The molecule has 5 atom stereocenters. The van der Waals surface area contributed by atoms with Crippen LogP contribution in [0.4, 0.5) is 0 Å². The number of hydrogen-bond donors (Lipinski definition) is 10. The first-order chi connectivity index (χ1) is 30.4. The first-order valence-electron chi connectivity index (χ1n) is 21.3. The molecule has 19 nitrogen and oxygen atoms in total. The van der Waals surface area contributed by atoms with E-state index >= 15 is 0 Å². The summed E-state index contributed by atoms with van der Waals surface area (Å²) in [7, 11) is 0. The largest absolute Gasteiger partial charge is 0.368 e. The molecule has 334 valence electrons. The van der Waals surface area contributed by atoms with Gasteiger partial charge in [-0.3, -0.25) is 38.4 Å². The van der Waals surface area contributed by atoms with Crippen LogP contribution < -0.4 is 43.0 Å². The van der Waals surface area contributed by atoms with Crippen molar-refractivity contribution in [2.45, 2.75) is 101 Å². The molecule has 63 heavy (non-hydrogen) atoms. The van der Waals surface area contributed by atoms with Crippen molar-refractivity contribution in [3.05, 3.63) is 90.1 Å². The maximum atomic E-state index is 14.1. The molecule has 6 rings (SSSR count).